The maximum atomic E-state index is 13.1. The summed E-state index contributed by atoms with van der Waals surface area (Å²) in [6, 6.07) is 10.5. The molecule has 27 heavy (non-hydrogen) atoms. The lowest BCUT2D eigenvalue weighted by Gasteiger charge is -2.30. The number of nitrogens with one attached hydrogen (secondary N) is 1. The average Bonchev–Trinajstić information content (AvgIpc) is 3.05. The average molecular weight is 366 g/mol. The first kappa shape index (κ1) is 16.9. The van der Waals surface area contributed by atoms with E-state index in [1.54, 1.807) is 35.0 Å². The number of anilines is 3. The first-order valence-corrected chi connectivity index (χ1v) is 8.50. The van der Waals surface area contributed by atoms with Crippen molar-refractivity contribution in [3.63, 3.8) is 0 Å². The number of para-hydroxylation sites is 2. The van der Waals surface area contributed by atoms with Crippen LogP contribution in [0.5, 0.6) is 0 Å². The van der Waals surface area contributed by atoms with Crippen LogP contribution in [-0.4, -0.2) is 56.7 Å². The molecule has 3 aromatic rings. The molecule has 0 bridgehead atoms. The lowest BCUT2D eigenvalue weighted by molar-refractivity contribution is -0.118. The van der Waals surface area contributed by atoms with E-state index in [1.165, 1.54) is 4.63 Å². The predicted octanol–water partition coefficient (Wildman–Crippen LogP) is 0.719. The van der Waals surface area contributed by atoms with Crippen LogP contribution < -0.4 is 15.1 Å². The molecular weight excluding hydrogens is 348 g/mol. The van der Waals surface area contributed by atoms with Gasteiger partial charge in [-0.05, 0) is 41.6 Å². The number of benzene rings is 1. The molecule has 10 nitrogen and oxygen atoms in total. The molecule has 1 aromatic carbocycles. The van der Waals surface area contributed by atoms with Crippen LogP contribution in [0.1, 0.15) is 13.3 Å². The van der Waals surface area contributed by atoms with Crippen LogP contribution in [0.4, 0.5) is 17.2 Å². The molecule has 0 fully saturated rings. The van der Waals surface area contributed by atoms with E-state index in [2.05, 4.69) is 25.9 Å². The predicted molar refractivity (Wildman–Crippen MR) is 98.5 cm³/mol. The van der Waals surface area contributed by atoms with E-state index < -0.39 is 0 Å². The summed E-state index contributed by atoms with van der Waals surface area (Å²) < 4.78 is 1.31. The summed E-state index contributed by atoms with van der Waals surface area (Å²) >= 11 is 0. The zero-order chi connectivity index (χ0) is 19.0. The zero-order valence-electron chi connectivity index (χ0n) is 14.9. The second-order valence-corrected chi connectivity index (χ2v) is 6.46. The number of fused-ring (bicyclic) bond motifs is 2. The second kappa shape index (κ2) is 6.63. The van der Waals surface area contributed by atoms with Gasteiger partial charge in [0.15, 0.2) is 11.5 Å². The van der Waals surface area contributed by atoms with Gasteiger partial charge in [-0.2, -0.15) is 0 Å². The van der Waals surface area contributed by atoms with Crippen molar-refractivity contribution in [1.29, 1.82) is 0 Å². The summed E-state index contributed by atoms with van der Waals surface area (Å²) in [6.45, 7) is 1.96. The minimum Gasteiger partial charge on any atom is -0.349 e. The molecule has 138 valence electrons. The first-order chi connectivity index (χ1) is 13.0. The van der Waals surface area contributed by atoms with E-state index in [0.717, 1.165) is 0 Å². The number of carbonyl (C=O) groups is 2. The Morgan fingerprint density at radius 3 is 2.96 bits per heavy atom. The molecule has 0 aliphatic carbocycles. The largest absolute Gasteiger partial charge is 0.349 e. The van der Waals surface area contributed by atoms with E-state index in [0.29, 0.717) is 22.8 Å². The number of rotatable bonds is 3. The van der Waals surface area contributed by atoms with Crippen LogP contribution in [0.25, 0.3) is 5.65 Å². The van der Waals surface area contributed by atoms with Crippen LogP contribution in [0.3, 0.4) is 0 Å². The molecule has 1 aliphatic rings. The van der Waals surface area contributed by atoms with E-state index in [4.69, 9.17) is 0 Å². The van der Waals surface area contributed by atoms with Gasteiger partial charge >= 0.3 is 0 Å². The molecule has 0 saturated carbocycles. The standard InChI is InChI=1S/C17H18N8O2/c1-11-9-16(26)18-12-5-3-4-6-13(12)24(11)17(27)10-23(2)15-8-7-14-19-21-22-25(14)20-15/h3-8,11H,9-10H2,1-2H3,(H,18,26)/t11-/m1/s1. The number of aromatic nitrogens is 5. The summed E-state index contributed by atoms with van der Waals surface area (Å²) in [5.74, 6) is 0.324. The van der Waals surface area contributed by atoms with Gasteiger partial charge < -0.3 is 15.1 Å². The molecule has 0 radical (unpaired) electrons. The smallest absolute Gasteiger partial charge is 0.246 e. The van der Waals surface area contributed by atoms with Gasteiger partial charge in [0.25, 0.3) is 0 Å². The monoisotopic (exact) mass is 366 g/mol. The lowest BCUT2D eigenvalue weighted by atomic mass is 10.1. The first-order valence-electron chi connectivity index (χ1n) is 8.50. The molecule has 4 rings (SSSR count). The van der Waals surface area contributed by atoms with Crippen molar-refractivity contribution >= 4 is 34.7 Å². The van der Waals surface area contributed by atoms with Gasteiger partial charge in [0.05, 0.1) is 17.9 Å². The summed E-state index contributed by atoms with van der Waals surface area (Å²) in [7, 11) is 1.77. The summed E-state index contributed by atoms with van der Waals surface area (Å²) in [5.41, 5.74) is 1.85. The van der Waals surface area contributed by atoms with Gasteiger partial charge in [-0.1, -0.05) is 12.1 Å². The molecule has 10 heteroatoms. The minimum atomic E-state index is -0.260. The third-order valence-electron chi connectivity index (χ3n) is 4.45. The number of tetrazole rings is 1. The van der Waals surface area contributed by atoms with E-state index in [9.17, 15) is 9.59 Å². The Bertz CT molecular complexity index is 1020. The van der Waals surface area contributed by atoms with Crippen LogP contribution in [-0.2, 0) is 9.59 Å². The van der Waals surface area contributed by atoms with Crippen LogP contribution in [0.15, 0.2) is 36.4 Å². The van der Waals surface area contributed by atoms with Gasteiger partial charge in [-0.25, -0.2) is 0 Å². The minimum absolute atomic E-state index is 0.0908. The number of amides is 2. The van der Waals surface area contributed by atoms with Crippen molar-refractivity contribution in [3.05, 3.63) is 36.4 Å². The number of hydrogen-bond acceptors (Lipinski definition) is 7. The highest BCUT2D eigenvalue weighted by Crippen LogP contribution is 2.31. The Hall–Kier alpha value is -3.56. The number of nitrogens with zero attached hydrogens (tertiary/aromatic N) is 7. The third-order valence-corrected chi connectivity index (χ3v) is 4.45. The van der Waals surface area contributed by atoms with Crippen molar-refractivity contribution in [2.45, 2.75) is 19.4 Å². The van der Waals surface area contributed by atoms with Crippen molar-refractivity contribution in [1.82, 2.24) is 25.3 Å². The Kier molecular flexibility index (Phi) is 4.15. The van der Waals surface area contributed by atoms with Crippen LogP contribution in [0, 0.1) is 0 Å². The molecule has 0 spiro atoms. The molecule has 3 heterocycles. The van der Waals surface area contributed by atoms with Crippen molar-refractivity contribution in [2.75, 3.05) is 28.7 Å². The number of carbonyl (C=O) groups excluding carboxylic acids is 2. The molecule has 2 amide bonds. The fourth-order valence-electron chi connectivity index (χ4n) is 3.17. The van der Waals surface area contributed by atoms with Gasteiger partial charge in [-0.15, -0.1) is 14.8 Å². The van der Waals surface area contributed by atoms with Crippen molar-refractivity contribution in [2.24, 2.45) is 0 Å². The van der Waals surface area contributed by atoms with E-state index in [-0.39, 0.29) is 30.8 Å². The summed E-state index contributed by atoms with van der Waals surface area (Å²) in [4.78, 5) is 28.6. The highest BCUT2D eigenvalue weighted by molar-refractivity contribution is 6.05. The van der Waals surface area contributed by atoms with Crippen molar-refractivity contribution in [3.8, 4) is 0 Å². The van der Waals surface area contributed by atoms with E-state index >= 15 is 0 Å². The van der Waals surface area contributed by atoms with Gasteiger partial charge in [0.2, 0.25) is 11.8 Å². The van der Waals surface area contributed by atoms with Crippen molar-refractivity contribution < 1.29 is 9.59 Å². The summed E-state index contributed by atoms with van der Waals surface area (Å²) in [6.07, 6.45) is 0.235. The lowest BCUT2D eigenvalue weighted by Crippen LogP contribution is -2.44. The SMILES string of the molecule is C[C@@H]1CC(=O)Nc2ccccc2N1C(=O)CN(C)c1ccc2nnnn2n1. The fourth-order valence-corrected chi connectivity index (χ4v) is 3.17. The molecule has 1 atom stereocenters. The number of likely N-dealkylation sites (N-methyl/N-ethyl adjacent to an activating group) is 1. The number of hydrogen-bond donors (Lipinski definition) is 1. The molecule has 2 aromatic heterocycles. The molecule has 0 unspecified atom stereocenters. The molecule has 0 saturated heterocycles. The molecule has 1 N–H and O–H groups in total. The van der Waals surface area contributed by atoms with E-state index in [1.807, 2.05) is 25.1 Å². The topological polar surface area (TPSA) is 109 Å². The van der Waals surface area contributed by atoms with Gasteiger partial charge in [0, 0.05) is 19.5 Å². The Morgan fingerprint density at radius 1 is 1.30 bits per heavy atom. The third kappa shape index (κ3) is 3.16. The van der Waals surface area contributed by atoms with Crippen LogP contribution in [0.2, 0.25) is 0 Å². The Morgan fingerprint density at radius 2 is 2.11 bits per heavy atom. The Labute approximate surface area is 154 Å². The fraction of sp³-hybridized carbons (Fsp3) is 0.294. The highest BCUT2D eigenvalue weighted by atomic mass is 16.2. The molecule has 1 aliphatic heterocycles. The zero-order valence-corrected chi connectivity index (χ0v) is 14.9. The normalized spacial score (nSPS) is 16.6. The highest BCUT2D eigenvalue weighted by Gasteiger charge is 2.30. The van der Waals surface area contributed by atoms with Gasteiger partial charge in [-0.3, -0.25) is 9.59 Å². The Balaban J connectivity index is 1.60. The maximum absolute atomic E-state index is 13.1. The maximum Gasteiger partial charge on any atom is 0.246 e. The summed E-state index contributed by atoms with van der Waals surface area (Å²) in [5, 5.41) is 18.3. The quantitative estimate of drug-likeness (QED) is 0.727. The second-order valence-electron chi connectivity index (χ2n) is 6.46. The van der Waals surface area contributed by atoms with Gasteiger partial charge in [0.1, 0.15) is 0 Å². The molecular formula is C17H18N8O2. The van der Waals surface area contributed by atoms with Crippen LogP contribution >= 0.6 is 0 Å².